The molecule has 0 bridgehead atoms. The van der Waals surface area contributed by atoms with E-state index in [-0.39, 0.29) is 11.9 Å². The number of halogens is 2. The van der Waals surface area contributed by atoms with E-state index in [0.717, 1.165) is 23.5 Å². The highest BCUT2D eigenvalue weighted by Crippen LogP contribution is 2.31. The molecule has 0 saturated heterocycles. The van der Waals surface area contributed by atoms with Crippen LogP contribution in [-0.2, 0) is 0 Å². The first-order valence-electron chi connectivity index (χ1n) is 6.22. The summed E-state index contributed by atoms with van der Waals surface area (Å²) in [4.78, 5) is 5.34. The summed E-state index contributed by atoms with van der Waals surface area (Å²) in [6.45, 7) is 4.90. The number of thiazole rings is 1. The van der Waals surface area contributed by atoms with Crippen LogP contribution in [0.1, 0.15) is 35.5 Å². The Bertz CT molecular complexity index is 556. The zero-order valence-electron chi connectivity index (χ0n) is 10.9. The van der Waals surface area contributed by atoms with Crippen LogP contribution in [0.25, 0.3) is 0 Å². The quantitative estimate of drug-likeness (QED) is 0.868. The van der Waals surface area contributed by atoms with Crippen LogP contribution in [0.5, 0.6) is 0 Å². The summed E-state index contributed by atoms with van der Waals surface area (Å²) in [5.74, 6) is -0.205. The Balaban J connectivity index is 2.43. The summed E-state index contributed by atoms with van der Waals surface area (Å²) in [6.07, 6.45) is 1.00. The highest BCUT2D eigenvalue weighted by atomic mass is 79.9. The van der Waals surface area contributed by atoms with E-state index in [4.69, 9.17) is 0 Å². The number of benzene rings is 1. The van der Waals surface area contributed by atoms with Gasteiger partial charge in [0.15, 0.2) is 0 Å². The van der Waals surface area contributed by atoms with Crippen molar-refractivity contribution in [3.05, 3.63) is 50.1 Å². The second-order valence-electron chi connectivity index (χ2n) is 4.33. The summed E-state index contributed by atoms with van der Waals surface area (Å²) in [5.41, 5.74) is 3.43. The van der Waals surface area contributed by atoms with Crippen molar-refractivity contribution < 1.29 is 4.39 Å². The number of rotatable bonds is 5. The van der Waals surface area contributed by atoms with Gasteiger partial charge in [0.1, 0.15) is 5.82 Å². The van der Waals surface area contributed by atoms with Gasteiger partial charge in [-0.15, -0.1) is 11.3 Å². The molecule has 1 N–H and O–H groups in total. The van der Waals surface area contributed by atoms with Gasteiger partial charge < -0.3 is 5.32 Å². The Hall–Kier alpha value is -0.780. The van der Waals surface area contributed by atoms with Gasteiger partial charge in [-0.25, -0.2) is 9.37 Å². The summed E-state index contributed by atoms with van der Waals surface area (Å²) in [7, 11) is 0. The molecule has 102 valence electrons. The number of nitrogens with one attached hydrogen (secondary N) is 1. The second-order valence-corrected chi connectivity index (χ2v) is 6.07. The van der Waals surface area contributed by atoms with Crippen LogP contribution in [0.2, 0.25) is 0 Å². The Morgan fingerprint density at radius 3 is 2.89 bits per heavy atom. The van der Waals surface area contributed by atoms with Crippen molar-refractivity contribution in [3.8, 4) is 0 Å². The third kappa shape index (κ3) is 3.22. The van der Waals surface area contributed by atoms with Crippen LogP contribution >= 0.6 is 27.3 Å². The van der Waals surface area contributed by atoms with Crippen LogP contribution in [-0.4, -0.2) is 11.5 Å². The zero-order chi connectivity index (χ0) is 13.8. The SMILES string of the molecule is CCCNC(c1cccc(Br)c1F)c1scnc1C. The molecule has 2 aromatic rings. The van der Waals surface area contributed by atoms with Crippen LogP contribution in [0.15, 0.2) is 28.2 Å². The van der Waals surface area contributed by atoms with Gasteiger partial charge in [-0.2, -0.15) is 0 Å². The normalized spacial score (nSPS) is 12.6. The molecule has 1 heterocycles. The lowest BCUT2D eigenvalue weighted by Crippen LogP contribution is -2.24. The van der Waals surface area contributed by atoms with Crippen molar-refractivity contribution in [1.82, 2.24) is 10.3 Å². The van der Waals surface area contributed by atoms with Crippen molar-refractivity contribution in [1.29, 1.82) is 0 Å². The molecular weight excluding hydrogens is 327 g/mol. The van der Waals surface area contributed by atoms with Gasteiger partial charge in [-0.1, -0.05) is 19.1 Å². The van der Waals surface area contributed by atoms with Crippen molar-refractivity contribution in [3.63, 3.8) is 0 Å². The molecule has 1 aromatic heterocycles. The molecule has 0 radical (unpaired) electrons. The van der Waals surface area contributed by atoms with Crippen LogP contribution < -0.4 is 5.32 Å². The smallest absolute Gasteiger partial charge is 0.142 e. The third-order valence-corrected chi connectivity index (χ3v) is 4.54. The number of hydrogen-bond acceptors (Lipinski definition) is 3. The predicted molar refractivity (Wildman–Crippen MR) is 81.1 cm³/mol. The Morgan fingerprint density at radius 1 is 1.47 bits per heavy atom. The first-order valence-corrected chi connectivity index (χ1v) is 7.89. The minimum absolute atomic E-state index is 0.134. The van der Waals surface area contributed by atoms with Crippen molar-refractivity contribution >= 4 is 27.3 Å². The van der Waals surface area contributed by atoms with Gasteiger partial charge in [0.05, 0.1) is 21.7 Å². The fraction of sp³-hybridized carbons (Fsp3) is 0.357. The van der Waals surface area contributed by atoms with E-state index in [2.05, 4.69) is 33.2 Å². The van der Waals surface area contributed by atoms with E-state index < -0.39 is 0 Å². The van der Waals surface area contributed by atoms with E-state index >= 15 is 0 Å². The number of aryl methyl sites for hydroxylation is 1. The van der Waals surface area contributed by atoms with Gasteiger partial charge in [-0.3, -0.25) is 0 Å². The zero-order valence-corrected chi connectivity index (χ0v) is 13.3. The van der Waals surface area contributed by atoms with Crippen LogP contribution in [0.3, 0.4) is 0 Å². The van der Waals surface area contributed by atoms with Crippen molar-refractivity contribution in [2.45, 2.75) is 26.3 Å². The van der Waals surface area contributed by atoms with Crippen molar-refractivity contribution in [2.75, 3.05) is 6.54 Å². The summed E-state index contributed by atoms with van der Waals surface area (Å²) >= 11 is 4.81. The highest BCUT2D eigenvalue weighted by molar-refractivity contribution is 9.10. The molecule has 1 aromatic carbocycles. The number of hydrogen-bond donors (Lipinski definition) is 1. The van der Waals surface area contributed by atoms with E-state index in [1.807, 2.05) is 19.1 Å². The Morgan fingerprint density at radius 2 is 2.26 bits per heavy atom. The average Bonchev–Trinajstić information content (AvgIpc) is 2.81. The minimum atomic E-state index is -0.205. The van der Waals surface area contributed by atoms with Gasteiger partial charge in [0.25, 0.3) is 0 Å². The van der Waals surface area contributed by atoms with Crippen LogP contribution in [0.4, 0.5) is 4.39 Å². The summed E-state index contributed by atoms with van der Waals surface area (Å²) in [5, 5.41) is 3.41. The maximum Gasteiger partial charge on any atom is 0.142 e. The predicted octanol–water partition coefficient (Wildman–Crippen LogP) is 4.44. The lowest BCUT2D eigenvalue weighted by atomic mass is 10.0. The van der Waals surface area contributed by atoms with E-state index in [1.54, 1.807) is 22.9 Å². The minimum Gasteiger partial charge on any atom is -0.305 e. The maximum atomic E-state index is 14.3. The molecule has 0 fully saturated rings. The lowest BCUT2D eigenvalue weighted by molar-refractivity contribution is 0.546. The molecule has 0 amide bonds. The molecule has 19 heavy (non-hydrogen) atoms. The molecule has 0 aliphatic carbocycles. The van der Waals surface area contributed by atoms with Gasteiger partial charge >= 0.3 is 0 Å². The largest absolute Gasteiger partial charge is 0.305 e. The molecule has 2 rings (SSSR count). The topological polar surface area (TPSA) is 24.9 Å². The first kappa shape index (κ1) is 14.6. The second kappa shape index (κ2) is 6.59. The van der Waals surface area contributed by atoms with Gasteiger partial charge in [0, 0.05) is 10.4 Å². The maximum absolute atomic E-state index is 14.3. The Labute approximate surface area is 125 Å². The molecule has 5 heteroatoms. The van der Waals surface area contributed by atoms with Gasteiger partial charge in [0.2, 0.25) is 0 Å². The summed E-state index contributed by atoms with van der Waals surface area (Å²) < 4.78 is 14.8. The Kier molecular flexibility index (Phi) is 5.07. The molecular formula is C14H16BrFN2S. The number of nitrogens with zero attached hydrogens (tertiary/aromatic N) is 1. The van der Waals surface area contributed by atoms with Crippen molar-refractivity contribution in [2.24, 2.45) is 0 Å². The van der Waals surface area contributed by atoms with Gasteiger partial charge in [-0.05, 0) is 41.9 Å². The summed E-state index contributed by atoms with van der Waals surface area (Å²) in [6, 6.07) is 5.27. The highest BCUT2D eigenvalue weighted by Gasteiger charge is 2.21. The average molecular weight is 343 g/mol. The third-order valence-electron chi connectivity index (χ3n) is 2.94. The molecule has 0 aliphatic rings. The first-order chi connectivity index (χ1) is 9.15. The van der Waals surface area contributed by atoms with E-state index in [0.29, 0.717) is 10.0 Å². The molecule has 0 spiro atoms. The molecule has 1 atom stereocenters. The molecule has 0 aliphatic heterocycles. The fourth-order valence-electron chi connectivity index (χ4n) is 1.96. The van der Waals surface area contributed by atoms with Crippen LogP contribution in [0, 0.1) is 12.7 Å². The number of aromatic nitrogens is 1. The van der Waals surface area contributed by atoms with E-state index in [9.17, 15) is 4.39 Å². The van der Waals surface area contributed by atoms with E-state index in [1.165, 1.54) is 0 Å². The molecule has 2 nitrogen and oxygen atoms in total. The fourth-order valence-corrected chi connectivity index (χ4v) is 3.24. The lowest BCUT2D eigenvalue weighted by Gasteiger charge is -2.19. The standard InChI is InChI=1S/C14H16BrFN2S/c1-3-7-17-13(14-9(2)18-8-19-14)10-5-4-6-11(15)12(10)16/h4-6,8,13,17H,3,7H2,1-2H3. The molecule has 0 saturated carbocycles. The molecule has 1 unspecified atom stereocenters. The monoisotopic (exact) mass is 342 g/mol.